The van der Waals surface area contributed by atoms with Crippen LogP contribution in [-0.2, 0) is 12.8 Å². The Bertz CT molecular complexity index is 1100. The van der Waals surface area contributed by atoms with Crippen LogP contribution in [0.4, 0.5) is 5.69 Å². The third-order valence-electron chi connectivity index (χ3n) is 4.90. The van der Waals surface area contributed by atoms with E-state index < -0.39 is 0 Å². The van der Waals surface area contributed by atoms with Crippen molar-refractivity contribution in [3.63, 3.8) is 0 Å². The molecule has 0 unspecified atom stereocenters. The van der Waals surface area contributed by atoms with Crippen LogP contribution in [0, 0.1) is 0 Å². The third-order valence-corrected chi connectivity index (χ3v) is 4.90. The van der Waals surface area contributed by atoms with E-state index >= 15 is 0 Å². The van der Waals surface area contributed by atoms with E-state index in [1.165, 1.54) is 16.5 Å². The predicted molar refractivity (Wildman–Crippen MR) is 101 cm³/mol. The van der Waals surface area contributed by atoms with Crippen LogP contribution in [0.15, 0.2) is 67.4 Å². The van der Waals surface area contributed by atoms with Gasteiger partial charge in [-0.05, 0) is 47.6 Å². The Hall–Kier alpha value is -3.47. The molecule has 1 aliphatic carbocycles. The molecule has 5 heteroatoms. The summed E-state index contributed by atoms with van der Waals surface area (Å²) in [5, 5.41) is 5.44. The lowest BCUT2D eigenvalue weighted by Crippen LogP contribution is -2.13. The van der Waals surface area contributed by atoms with Crippen molar-refractivity contribution >= 4 is 22.4 Å². The Kier molecular flexibility index (Phi) is 3.31. The van der Waals surface area contributed by atoms with Crippen LogP contribution in [-0.4, -0.2) is 20.4 Å². The van der Waals surface area contributed by atoms with E-state index in [9.17, 15) is 4.79 Å². The highest BCUT2D eigenvalue weighted by Gasteiger charge is 2.17. The topological polar surface area (TPSA) is 59.8 Å². The fourth-order valence-corrected chi connectivity index (χ4v) is 3.62. The molecule has 1 amide bonds. The summed E-state index contributed by atoms with van der Waals surface area (Å²) >= 11 is 0. The molecule has 2 aromatic carbocycles. The summed E-state index contributed by atoms with van der Waals surface area (Å²) in [7, 11) is 0. The maximum atomic E-state index is 12.7. The monoisotopic (exact) mass is 340 g/mol. The molecule has 2 heterocycles. The van der Waals surface area contributed by atoms with Crippen molar-refractivity contribution in [2.45, 2.75) is 12.8 Å². The van der Waals surface area contributed by atoms with Gasteiger partial charge in [0.2, 0.25) is 0 Å². The molecule has 0 saturated heterocycles. The lowest BCUT2D eigenvalue weighted by atomic mass is 10.0. The number of aromatic nitrogens is 3. The van der Waals surface area contributed by atoms with Crippen molar-refractivity contribution < 1.29 is 4.79 Å². The van der Waals surface area contributed by atoms with Gasteiger partial charge < -0.3 is 5.32 Å². The number of nitrogens with zero attached hydrogens (tertiary/aromatic N) is 3. The molecule has 4 aromatic rings. The number of aryl methyl sites for hydroxylation is 2. The zero-order valence-electron chi connectivity index (χ0n) is 14.0. The first-order chi connectivity index (χ1) is 12.8. The number of imidazole rings is 1. The zero-order chi connectivity index (χ0) is 17.5. The van der Waals surface area contributed by atoms with Gasteiger partial charge in [0.25, 0.3) is 5.91 Å². The fourth-order valence-electron chi connectivity index (χ4n) is 3.62. The van der Waals surface area contributed by atoms with E-state index in [1.54, 1.807) is 29.4 Å². The largest absolute Gasteiger partial charge is 0.321 e. The summed E-state index contributed by atoms with van der Waals surface area (Å²) in [6.07, 6.45) is 8.92. The van der Waals surface area contributed by atoms with Gasteiger partial charge in [-0.25, -0.2) is 9.97 Å². The number of carbonyl (C=O) groups is 1. The van der Waals surface area contributed by atoms with E-state index in [0.717, 1.165) is 29.7 Å². The number of rotatable bonds is 3. The van der Waals surface area contributed by atoms with Gasteiger partial charge in [-0.15, -0.1) is 0 Å². The molecule has 5 nitrogen and oxygen atoms in total. The van der Waals surface area contributed by atoms with Crippen molar-refractivity contribution in [3.05, 3.63) is 84.1 Å². The standard InChI is InChI=1S/C21H16N4O/c26-21(16-7-9-19(23-12-16)25-11-10-22-13-25)24-18-8-6-15-5-4-14-2-1-3-17(18)20(14)15/h1-3,6-13H,4-5H2,(H,24,26). The van der Waals surface area contributed by atoms with Crippen molar-refractivity contribution in [2.24, 2.45) is 0 Å². The van der Waals surface area contributed by atoms with Crippen LogP contribution < -0.4 is 5.32 Å². The van der Waals surface area contributed by atoms with Crippen LogP contribution >= 0.6 is 0 Å². The molecule has 0 radical (unpaired) electrons. The van der Waals surface area contributed by atoms with Crippen LogP contribution in [0.25, 0.3) is 16.6 Å². The summed E-state index contributed by atoms with van der Waals surface area (Å²) in [5.41, 5.74) is 4.09. The van der Waals surface area contributed by atoms with Gasteiger partial charge >= 0.3 is 0 Å². The summed E-state index contributed by atoms with van der Waals surface area (Å²) in [4.78, 5) is 21.0. The van der Waals surface area contributed by atoms with Crippen LogP contribution in [0.2, 0.25) is 0 Å². The van der Waals surface area contributed by atoms with E-state index in [-0.39, 0.29) is 5.91 Å². The van der Waals surface area contributed by atoms with Gasteiger partial charge in [0.1, 0.15) is 12.1 Å². The first-order valence-electron chi connectivity index (χ1n) is 8.59. The molecule has 126 valence electrons. The van der Waals surface area contributed by atoms with E-state index in [2.05, 4.69) is 39.6 Å². The molecule has 1 N–H and O–H groups in total. The van der Waals surface area contributed by atoms with Gasteiger partial charge in [0, 0.05) is 29.7 Å². The number of benzene rings is 2. The molecule has 0 aliphatic heterocycles. The van der Waals surface area contributed by atoms with E-state index in [1.807, 2.05) is 18.3 Å². The molecular weight excluding hydrogens is 324 g/mol. The predicted octanol–water partition coefficient (Wildman–Crippen LogP) is 3.77. The molecular formula is C21H16N4O. The third kappa shape index (κ3) is 2.37. The lowest BCUT2D eigenvalue weighted by molar-refractivity contribution is 0.102. The van der Waals surface area contributed by atoms with Crippen molar-refractivity contribution in [1.29, 1.82) is 0 Å². The number of carbonyl (C=O) groups excluding carboxylic acids is 1. The minimum absolute atomic E-state index is 0.159. The summed E-state index contributed by atoms with van der Waals surface area (Å²) in [6, 6.07) is 14.0. The second kappa shape index (κ2) is 5.81. The maximum absolute atomic E-state index is 12.7. The Labute approximate surface area is 150 Å². The highest BCUT2D eigenvalue weighted by Crippen LogP contribution is 2.35. The summed E-state index contributed by atoms with van der Waals surface area (Å²) in [5.74, 6) is 0.567. The first kappa shape index (κ1) is 14.8. The molecule has 5 rings (SSSR count). The molecule has 0 spiro atoms. The van der Waals surface area contributed by atoms with Crippen molar-refractivity contribution in [1.82, 2.24) is 14.5 Å². The van der Waals surface area contributed by atoms with Gasteiger partial charge in [-0.2, -0.15) is 0 Å². The minimum Gasteiger partial charge on any atom is -0.321 e. The second-order valence-electron chi connectivity index (χ2n) is 6.44. The number of anilines is 1. The normalized spacial score (nSPS) is 12.5. The fraction of sp³-hybridized carbons (Fsp3) is 0.0952. The van der Waals surface area contributed by atoms with Crippen molar-refractivity contribution in [3.8, 4) is 5.82 Å². The van der Waals surface area contributed by atoms with Crippen molar-refractivity contribution in [2.75, 3.05) is 5.32 Å². The number of hydrogen-bond donors (Lipinski definition) is 1. The van der Waals surface area contributed by atoms with Gasteiger partial charge in [0.15, 0.2) is 0 Å². The quantitative estimate of drug-likeness (QED) is 0.617. The second-order valence-corrected chi connectivity index (χ2v) is 6.44. The molecule has 0 fully saturated rings. The molecule has 1 aliphatic rings. The highest BCUT2D eigenvalue weighted by atomic mass is 16.1. The lowest BCUT2D eigenvalue weighted by Gasteiger charge is -2.11. The molecule has 0 atom stereocenters. The average molecular weight is 340 g/mol. The number of nitrogens with one attached hydrogen (secondary N) is 1. The maximum Gasteiger partial charge on any atom is 0.257 e. The Morgan fingerprint density at radius 3 is 2.69 bits per heavy atom. The van der Waals surface area contributed by atoms with Gasteiger partial charge in [0.05, 0.1) is 5.56 Å². The smallest absolute Gasteiger partial charge is 0.257 e. The minimum atomic E-state index is -0.159. The van der Waals surface area contributed by atoms with Gasteiger partial charge in [-0.3, -0.25) is 9.36 Å². The number of hydrogen-bond acceptors (Lipinski definition) is 3. The summed E-state index contributed by atoms with van der Waals surface area (Å²) < 4.78 is 1.80. The molecule has 2 aromatic heterocycles. The number of pyridine rings is 1. The van der Waals surface area contributed by atoms with Gasteiger partial charge in [-0.1, -0.05) is 24.3 Å². The highest BCUT2D eigenvalue weighted by molar-refractivity contribution is 6.10. The Balaban J connectivity index is 1.45. The van der Waals surface area contributed by atoms with Crippen LogP contribution in [0.3, 0.4) is 0 Å². The molecule has 0 saturated carbocycles. The molecule has 0 bridgehead atoms. The van der Waals surface area contributed by atoms with Crippen LogP contribution in [0.5, 0.6) is 0 Å². The van der Waals surface area contributed by atoms with E-state index in [4.69, 9.17) is 0 Å². The first-order valence-corrected chi connectivity index (χ1v) is 8.59. The summed E-state index contributed by atoms with van der Waals surface area (Å²) in [6.45, 7) is 0. The Morgan fingerprint density at radius 2 is 1.92 bits per heavy atom. The van der Waals surface area contributed by atoms with E-state index in [0.29, 0.717) is 5.56 Å². The molecule has 26 heavy (non-hydrogen) atoms. The zero-order valence-corrected chi connectivity index (χ0v) is 14.0. The Morgan fingerprint density at radius 1 is 1.04 bits per heavy atom. The number of amides is 1. The van der Waals surface area contributed by atoms with Crippen LogP contribution in [0.1, 0.15) is 21.5 Å². The average Bonchev–Trinajstić information content (AvgIpc) is 3.35. The SMILES string of the molecule is O=C(Nc1ccc2c3c(cccc13)CC2)c1ccc(-n2ccnc2)nc1.